The van der Waals surface area contributed by atoms with Crippen molar-refractivity contribution in [1.82, 2.24) is 5.32 Å². The van der Waals surface area contributed by atoms with Gasteiger partial charge in [0, 0.05) is 5.75 Å². The topological polar surface area (TPSA) is 24.4 Å². The van der Waals surface area contributed by atoms with Crippen molar-refractivity contribution in [3.05, 3.63) is 71.8 Å². The molecule has 0 saturated carbocycles. The zero-order chi connectivity index (χ0) is 14.5. The Balaban J connectivity index is 1.70. The molecule has 21 heavy (non-hydrogen) atoms. The summed E-state index contributed by atoms with van der Waals surface area (Å²) in [4.78, 5) is 4.84. The number of nitrogens with zero attached hydrogens (tertiary/aromatic N) is 1. The van der Waals surface area contributed by atoms with Crippen LogP contribution in [-0.2, 0) is 0 Å². The molecule has 0 radical (unpaired) electrons. The van der Waals surface area contributed by atoms with Gasteiger partial charge in [-0.15, -0.1) is 0 Å². The predicted molar refractivity (Wildman–Crippen MR) is 91.7 cm³/mol. The molecule has 1 aliphatic rings. The highest BCUT2D eigenvalue weighted by Gasteiger charge is 2.21. The molecule has 2 nitrogen and oxygen atoms in total. The van der Waals surface area contributed by atoms with E-state index in [1.54, 1.807) is 0 Å². The van der Waals surface area contributed by atoms with E-state index in [2.05, 4.69) is 72.9 Å². The Morgan fingerprint density at radius 2 is 1.76 bits per heavy atom. The number of hydrogen-bond donors (Lipinski definition) is 1. The summed E-state index contributed by atoms with van der Waals surface area (Å²) in [5.41, 5.74) is 2.63. The molecule has 0 spiro atoms. The van der Waals surface area contributed by atoms with E-state index in [-0.39, 0.29) is 6.04 Å². The average molecular weight is 296 g/mol. The van der Waals surface area contributed by atoms with Crippen LogP contribution < -0.4 is 5.32 Å². The molecule has 3 rings (SSSR count). The third-order valence-electron chi connectivity index (χ3n) is 3.74. The Labute approximate surface area is 130 Å². The standard InChI is InChI=1S/C18H20N2S/c1-2-16(14-9-5-3-6-10-14)19-18-20-17(13-21-18)15-11-7-4-8-12-15/h3-12,16-17H,2,13H2,1H3,(H,19,20). The van der Waals surface area contributed by atoms with Gasteiger partial charge in [0.15, 0.2) is 5.17 Å². The lowest BCUT2D eigenvalue weighted by molar-refractivity contribution is 0.628. The maximum absolute atomic E-state index is 4.84. The van der Waals surface area contributed by atoms with Gasteiger partial charge < -0.3 is 5.32 Å². The summed E-state index contributed by atoms with van der Waals surface area (Å²) >= 11 is 1.82. The van der Waals surface area contributed by atoms with Gasteiger partial charge in [0.05, 0.1) is 12.1 Å². The molecule has 0 aromatic heterocycles. The SMILES string of the molecule is CCC(NC1=NC(c2ccccc2)CS1)c1ccccc1. The Kier molecular flexibility index (Phi) is 4.61. The van der Waals surface area contributed by atoms with Crippen LogP contribution in [-0.4, -0.2) is 10.9 Å². The van der Waals surface area contributed by atoms with Gasteiger partial charge in [0.25, 0.3) is 0 Å². The molecule has 1 heterocycles. The van der Waals surface area contributed by atoms with Crippen molar-refractivity contribution < 1.29 is 0 Å². The normalized spacial score (nSPS) is 19.1. The van der Waals surface area contributed by atoms with Crippen LogP contribution in [0, 0.1) is 0 Å². The minimum Gasteiger partial charge on any atom is -0.358 e. The van der Waals surface area contributed by atoms with Gasteiger partial charge in [-0.3, -0.25) is 4.99 Å². The van der Waals surface area contributed by atoms with E-state index in [1.807, 2.05) is 11.8 Å². The van der Waals surface area contributed by atoms with Gasteiger partial charge in [0.1, 0.15) is 0 Å². The number of rotatable bonds is 4. The van der Waals surface area contributed by atoms with Crippen molar-refractivity contribution in [2.75, 3.05) is 5.75 Å². The molecule has 2 atom stereocenters. The molecular formula is C18H20N2S. The number of nitrogens with one attached hydrogen (secondary N) is 1. The van der Waals surface area contributed by atoms with Gasteiger partial charge >= 0.3 is 0 Å². The Morgan fingerprint density at radius 1 is 1.10 bits per heavy atom. The molecule has 2 unspecified atom stereocenters. The van der Waals surface area contributed by atoms with E-state index in [9.17, 15) is 0 Å². The molecule has 0 bridgehead atoms. The fourth-order valence-corrected chi connectivity index (χ4v) is 3.56. The van der Waals surface area contributed by atoms with Gasteiger partial charge in [-0.1, -0.05) is 79.3 Å². The largest absolute Gasteiger partial charge is 0.358 e. The first-order chi connectivity index (χ1) is 10.4. The predicted octanol–water partition coefficient (Wildman–Crippen LogP) is 4.57. The van der Waals surface area contributed by atoms with Gasteiger partial charge in [-0.2, -0.15) is 0 Å². The molecule has 3 heteroatoms. The van der Waals surface area contributed by atoms with E-state index >= 15 is 0 Å². The Hall–Kier alpha value is -1.74. The lowest BCUT2D eigenvalue weighted by Crippen LogP contribution is -2.24. The quantitative estimate of drug-likeness (QED) is 0.893. The molecular weight excluding hydrogens is 276 g/mol. The zero-order valence-electron chi connectivity index (χ0n) is 12.2. The van der Waals surface area contributed by atoms with E-state index in [0.29, 0.717) is 6.04 Å². The van der Waals surface area contributed by atoms with E-state index < -0.39 is 0 Å². The maximum Gasteiger partial charge on any atom is 0.157 e. The number of amidine groups is 1. The van der Waals surface area contributed by atoms with Gasteiger partial charge in [0.2, 0.25) is 0 Å². The number of hydrogen-bond acceptors (Lipinski definition) is 3. The van der Waals surface area contributed by atoms with Crippen LogP contribution >= 0.6 is 11.8 Å². The van der Waals surface area contributed by atoms with Crippen LogP contribution in [0.3, 0.4) is 0 Å². The fraction of sp³-hybridized carbons (Fsp3) is 0.278. The van der Waals surface area contributed by atoms with Gasteiger partial charge in [-0.05, 0) is 17.5 Å². The molecule has 2 aromatic rings. The van der Waals surface area contributed by atoms with Crippen LogP contribution in [0.2, 0.25) is 0 Å². The summed E-state index contributed by atoms with van der Waals surface area (Å²) in [6.45, 7) is 2.21. The highest BCUT2D eigenvalue weighted by molar-refractivity contribution is 8.14. The van der Waals surface area contributed by atoms with Crippen LogP contribution in [0.15, 0.2) is 65.7 Å². The minimum atomic E-state index is 0.284. The van der Waals surface area contributed by atoms with Crippen LogP contribution in [0.1, 0.15) is 36.6 Å². The minimum absolute atomic E-state index is 0.284. The monoisotopic (exact) mass is 296 g/mol. The number of benzene rings is 2. The first kappa shape index (κ1) is 14.2. The lowest BCUT2D eigenvalue weighted by Gasteiger charge is -2.17. The summed E-state index contributed by atoms with van der Waals surface area (Å²) in [7, 11) is 0. The van der Waals surface area contributed by atoms with Crippen LogP contribution in [0.5, 0.6) is 0 Å². The first-order valence-corrected chi connectivity index (χ1v) is 8.42. The Morgan fingerprint density at radius 3 is 2.43 bits per heavy atom. The molecule has 0 amide bonds. The van der Waals surface area contributed by atoms with Crippen molar-refractivity contribution in [2.45, 2.75) is 25.4 Å². The first-order valence-electron chi connectivity index (χ1n) is 7.44. The number of thioether (sulfide) groups is 1. The molecule has 0 fully saturated rings. The average Bonchev–Trinajstić information content (AvgIpc) is 3.03. The van der Waals surface area contributed by atoms with Crippen molar-refractivity contribution in [2.24, 2.45) is 4.99 Å². The number of aliphatic imine (C=N–C) groups is 1. The Bertz CT molecular complexity index is 595. The van der Waals surface area contributed by atoms with Crippen LogP contribution in [0.4, 0.5) is 0 Å². The summed E-state index contributed by atoms with van der Waals surface area (Å²) in [6, 6.07) is 21.8. The maximum atomic E-state index is 4.84. The van der Waals surface area contributed by atoms with Crippen molar-refractivity contribution >= 4 is 16.9 Å². The second-order valence-electron chi connectivity index (χ2n) is 5.19. The smallest absolute Gasteiger partial charge is 0.157 e. The third-order valence-corrected chi connectivity index (χ3v) is 4.72. The van der Waals surface area contributed by atoms with Crippen molar-refractivity contribution in [1.29, 1.82) is 0 Å². The van der Waals surface area contributed by atoms with E-state index in [4.69, 9.17) is 4.99 Å². The molecule has 0 saturated heterocycles. The lowest BCUT2D eigenvalue weighted by atomic mass is 10.1. The summed E-state index contributed by atoms with van der Waals surface area (Å²) < 4.78 is 0. The van der Waals surface area contributed by atoms with E-state index in [1.165, 1.54) is 11.1 Å². The second-order valence-corrected chi connectivity index (χ2v) is 6.20. The highest BCUT2D eigenvalue weighted by Crippen LogP contribution is 2.30. The fourth-order valence-electron chi connectivity index (χ4n) is 2.55. The highest BCUT2D eigenvalue weighted by atomic mass is 32.2. The van der Waals surface area contributed by atoms with Crippen LogP contribution in [0.25, 0.3) is 0 Å². The molecule has 108 valence electrons. The summed E-state index contributed by atoms with van der Waals surface area (Å²) in [5.74, 6) is 1.03. The van der Waals surface area contributed by atoms with Crippen molar-refractivity contribution in [3.63, 3.8) is 0 Å². The molecule has 1 N–H and O–H groups in total. The van der Waals surface area contributed by atoms with E-state index in [0.717, 1.165) is 17.3 Å². The summed E-state index contributed by atoms with van der Waals surface area (Å²) in [5, 5.41) is 4.66. The second kappa shape index (κ2) is 6.81. The molecule has 0 aliphatic carbocycles. The third kappa shape index (κ3) is 3.48. The molecule has 2 aromatic carbocycles. The zero-order valence-corrected chi connectivity index (χ0v) is 13.0. The molecule has 1 aliphatic heterocycles. The summed E-state index contributed by atoms with van der Waals surface area (Å²) in [6.07, 6.45) is 1.06. The van der Waals surface area contributed by atoms with Crippen molar-refractivity contribution in [3.8, 4) is 0 Å². The van der Waals surface area contributed by atoms with Gasteiger partial charge in [-0.25, -0.2) is 0 Å².